The number of aliphatic hydroxyl groups excluding tert-OH is 1. The van der Waals surface area contributed by atoms with Gasteiger partial charge in [-0.05, 0) is 35.6 Å². The van der Waals surface area contributed by atoms with Gasteiger partial charge >= 0.3 is 0 Å². The van der Waals surface area contributed by atoms with Gasteiger partial charge in [0.2, 0.25) is 0 Å². The van der Waals surface area contributed by atoms with Crippen molar-refractivity contribution in [1.29, 1.82) is 0 Å². The molecule has 1 aromatic carbocycles. The van der Waals surface area contributed by atoms with Crippen LogP contribution in [0.4, 0.5) is 0 Å². The monoisotopic (exact) mass is 212 g/mol. The van der Waals surface area contributed by atoms with Gasteiger partial charge in [0.1, 0.15) is 0 Å². The molecule has 0 spiro atoms. The molecule has 0 atom stereocenters. The smallest absolute Gasteiger partial charge is 0.0966 e. The van der Waals surface area contributed by atoms with Crippen LogP contribution in [0.5, 0.6) is 0 Å². The molecule has 16 heavy (non-hydrogen) atoms. The summed E-state index contributed by atoms with van der Waals surface area (Å²) in [7, 11) is 0. The molecule has 0 aliphatic heterocycles. The van der Waals surface area contributed by atoms with E-state index in [4.69, 9.17) is 0 Å². The zero-order chi connectivity index (χ0) is 11.4. The normalized spacial score (nSPS) is 15.2. The molecule has 1 nitrogen and oxygen atoms in total. The van der Waals surface area contributed by atoms with Crippen molar-refractivity contribution in [3.63, 3.8) is 0 Å². The lowest BCUT2D eigenvalue weighted by Gasteiger charge is -2.15. The molecular weight excluding hydrogens is 196 g/mol. The Morgan fingerprint density at radius 1 is 1.38 bits per heavy atom. The number of hydrogen-bond donors (Lipinski definition) is 1. The highest BCUT2D eigenvalue weighted by atomic mass is 16.3. The van der Waals surface area contributed by atoms with Gasteiger partial charge in [-0.1, -0.05) is 36.4 Å². The van der Waals surface area contributed by atoms with Gasteiger partial charge < -0.3 is 5.11 Å². The lowest BCUT2D eigenvalue weighted by atomic mass is 9.90. The molecule has 0 saturated heterocycles. The third-order valence-electron chi connectivity index (χ3n) is 2.78. The SMILES string of the molecule is C=CC/C(O)=C\C1=CCCc2ccccc21. The molecule has 1 aromatic rings. The second-order valence-electron chi connectivity index (χ2n) is 3.98. The average molecular weight is 212 g/mol. The van der Waals surface area contributed by atoms with Gasteiger partial charge in [-0.25, -0.2) is 0 Å². The minimum absolute atomic E-state index is 0.373. The number of benzene rings is 1. The van der Waals surface area contributed by atoms with E-state index in [0.717, 1.165) is 18.4 Å². The van der Waals surface area contributed by atoms with Crippen molar-refractivity contribution in [1.82, 2.24) is 0 Å². The van der Waals surface area contributed by atoms with Gasteiger partial charge in [-0.3, -0.25) is 0 Å². The van der Waals surface area contributed by atoms with Crippen LogP contribution in [-0.4, -0.2) is 5.11 Å². The van der Waals surface area contributed by atoms with E-state index in [0.29, 0.717) is 12.2 Å². The van der Waals surface area contributed by atoms with E-state index >= 15 is 0 Å². The molecule has 1 heteroatoms. The van der Waals surface area contributed by atoms with Crippen molar-refractivity contribution >= 4 is 5.57 Å². The van der Waals surface area contributed by atoms with Crippen molar-refractivity contribution in [2.45, 2.75) is 19.3 Å². The van der Waals surface area contributed by atoms with E-state index in [1.54, 1.807) is 6.08 Å². The quantitative estimate of drug-likeness (QED) is 0.592. The van der Waals surface area contributed by atoms with Gasteiger partial charge in [0.25, 0.3) is 0 Å². The largest absolute Gasteiger partial charge is 0.512 e. The highest BCUT2D eigenvalue weighted by molar-refractivity contribution is 5.77. The van der Waals surface area contributed by atoms with Crippen molar-refractivity contribution < 1.29 is 5.11 Å². The molecule has 1 aliphatic carbocycles. The third-order valence-corrected chi connectivity index (χ3v) is 2.78. The fraction of sp³-hybridized carbons (Fsp3) is 0.200. The van der Waals surface area contributed by atoms with Crippen molar-refractivity contribution in [3.05, 3.63) is 66.0 Å². The van der Waals surface area contributed by atoms with E-state index in [2.05, 4.69) is 30.9 Å². The van der Waals surface area contributed by atoms with Gasteiger partial charge in [0.15, 0.2) is 0 Å². The molecular formula is C15H16O. The standard InChI is InChI=1S/C15H16O/c1-2-6-14(16)11-13-9-5-8-12-7-3-4-10-15(12)13/h2-4,7,9-11,16H,1,5-6,8H2/b14-11+. The van der Waals surface area contributed by atoms with Gasteiger partial charge in [-0.15, -0.1) is 6.58 Å². The van der Waals surface area contributed by atoms with Crippen LogP contribution in [0.25, 0.3) is 5.57 Å². The van der Waals surface area contributed by atoms with Crippen LogP contribution >= 0.6 is 0 Å². The Balaban J connectivity index is 2.33. The van der Waals surface area contributed by atoms with Crippen molar-refractivity contribution in [3.8, 4) is 0 Å². The maximum Gasteiger partial charge on any atom is 0.0966 e. The molecule has 0 saturated carbocycles. The van der Waals surface area contributed by atoms with Crippen LogP contribution in [0.1, 0.15) is 24.0 Å². The molecule has 2 rings (SSSR count). The van der Waals surface area contributed by atoms with Crippen LogP contribution in [0, 0.1) is 0 Å². The summed E-state index contributed by atoms with van der Waals surface area (Å²) in [6.45, 7) is 3.62. The third kappa shape index (κ3) is 2.25. The Labute approximate surface area is 96.4 Å². The summed E-state index contributed by atoms with van der Waals surface area (Å²) < 4.78 is 0. The Hall–Kier alpha value is -1.76. The van der Waals surface area contributed by atoms with Gasteiger partial charge in [0, 0.05) is 6.42 Å². The first-order chi connectivity index (χ1) is 7.81. The van der Waals surface area contributed by atoms with Gasteiger partial charge in [0.05, 0.1) is 5.76 Å². The first kappa shape index (κ1) is 10.7. The second-order valence-corrected chi connectivity index (χ2v) is 3.98. The van der Waals surface area contributed by atoms with Crippen LogP contribution in [0.2, 0.25) is 0 Å². The predicted molar refractivity (Wildman–Crippen MR) is 68.3 cm³/mol. The molecule has 0 unspecified atom stereocenters. The highest BCUT2D eigenvalue weighted by Gasteiger charge is 2.10. The lowest BCUT2D eigenvalue weighted by Crippen LogP contribution is -1.98. The number of fused-ring (bicyclic) bond motifs is 1. The number of aliphatic hydroxyl groups is 1. The highest BCUT2D eigenvalue weighted by Crippen LogP contribution is 2.27. The Morgan fingerprint density at radius 3 is 3.00 bits per heavy atom. The van der Waals surface area contributed by atoms with E-state index in [9.17, 15) is 5.11 Å². The molecule has 0 bridgehead atoms. The molecule has 82 valence electrons. The van der Waals surface area contributed by atoms with Crippen molar-refractivity contribution in [2.75, 3.05) is 0 Å². The first-order valence-electron chi connectivity index (χ1n) is 5.60. The van der Waals surface area contributed by atoms with Crippen LogP contribution in [-0.2, 0) is 6.42 Å². The lowest BCUT2D eigenvalue weighted by molar-refractivity contribution is 0.402. The Kier molecular flexibility index (Phi) is 3.25. The molecule has 0 aromatic heterocycles. The zero-order valence-corrected chi connectivity index (χ0v) is 9.32. The Morgan fingerprint density at radius 2 is 2.19 bits per heavy atom. The first-order valence-corrected chi connectivity index (χ1v) is 5.60. The maximum atomic E-state index is 9.68. The van der Waals surface area contributed by atoms with Crippen LogP contribution < -0.4 is 0 Å². The second kappa shape index (κ2) is 4.84. The fourth-order valence-corrected chi connectivity index (χ4v) is 2.04. The topological polar surface area (TPSA) is 20.2 Å². The summed E-state index contributed by atoms with van der Waals surface area (Å²) in [5.41, 5.74) is 3.73. The van der Waals surface area contributed by atoms with Crippen LogP contribution in [0.15, 0.2) is 54.8 Å². The zero-order valence-electron chi connectivity index (χ0n) is 9.32. The van der Waals surface area contributed by atoms with Crippen molar-refractivity contribution in [2.24, 2.45) is 0 Å². The summed E-state index contributed by atoms with van der Waals surface area (Å²) in [6.07, 6.45) is 8.40. The number of allylic oxidation sites excluding steroid dienone is 4. The minimum atomic E-state index is 0.373. The summed E-state index contributed by atoms with van der Waals surface area (Å²) >= 11 is 0. The van der Waals surface area contributed by atoms with E-state index in [-0.39, 0.29) is 0 Å². The fourth-order valence-electron chi connectivity index (χ4n) is 2.04. The summed E-state index contributed by atoms with van der Waals surface area (Å²) in [5.74, 6) is 0.373. The average Bonchev–Trinajstić information content (AvgIpc) is 2.30. The number of hydrogen-bond acceptors (Lipinski definition) is 1. The molecule has 1 aliphatic rings. The number of aryl methyl sites for hydroxylation is 1. The molecule has 0 radical (unpaired) electrons. The molecule has 1 N–H and O–H groups in total. The number of rotatable bonds is 3. The summed E-state index contributed by atoms with van der Waals surface area (Å²) in [4.78, 5) is 0. The Bertz CT molecular complexity index is 452. The maximum absolute atomic E-state index is 9.68. The molecule has 0 amide bonds. The van der Waals surface area contributed by atoms with Gasteiger partial charge in [-0.2, -0.15) is 0 Å². The predicted octanol–water partition coefficient (Wildman–Crippen LogP) is 4.03. The van der Waals surface area contributed by atoms with E-state index < -0.39 is 0 Å². The van der Waals surface area contributed by atoms with Crippen LogP contribution in [0.3, 0.4) is 0 Å². The summed E-state index contributed by atoms with van der Waals surface area (Å²) in [6, 6.07) is 8.37. The van der Waals surface area contributed by atoms with E-state index in [1.165, 1.54) is 11.1 Å². The van der Waals surface area contributed by atoms with E-state index in [1.807, 2.05) is 12.1 Å². The molecule has 0 heterocycles. The summed E-state index contributed by atoms with van der Waals surface area (Å²) in [5, 5.41) is 9.68. The molecule has 0 fully saturated rings. The minimum Gasteiger partial charge on any atom is -0.512 e.